The summed E-state index contributed by atoms with van der Waals surface area (Å²) >= 11 is 0. The molecule has 0 aliphatic heterocycles. The van der Waals surface area contributed by atoms with Gasteiger partial charge in [0.05, 0.1) is 0 Å². The molecule has 1 heteroatoms. The molecule has 1 saturated carbocycles. The highest BCUT2D eigenvalue weighted by atomic mass is 14.5. The van der Waals surface area contributed by atoms with Gasteiger partial charge in [-0.15, -0.1) is 0 Å². The molecule has 0 saturated heterocycles. The maximum atomic E-state index is 5.41. The Labute approximate surface area is 76.0 Å². The van der Waals surface area contributed by atoms with Crippen LogP contribution in [0.2, 0.25) is 0 Å². The molecule has 0 aromatic heterocycles. The van der Waals surface area contributed by atoms with Gasteiger partial charge in [0.1, 0.15) is 0 Å². The summed E-state index contributed by atoms with van der Waals surface area (Å²) in [6, 6.07) is 0. The van der Waals surface area contributed by atoms with Crippen molar-refractivity contribution in [2.24, 2.45) is 17.6 Å². The quantitative estimate of drug-likeness (QED) is 0.643. The summed E-state index contributed by atoms with van der Waals surface area (Å²) in [5, 5.41) is 0. The Morgan fingerprint density at radius 2 is 1.92 bits per heavy atom. The van der Waals surface area contributed by atoms with Gasteiger partial charge in [0, 0.05) is 0 Å². The SMILES string of the molecule is CC1CCC(/C=C/CCN)CC1. The van der Waals surface area contributed by atoms with Crippen molar-refractivity contribution in [3.63, 3.8) is 0 Å². The minimum Gasteiger partial charge on any atom is -0.330 e. The largest absolute Gasteiger partial charge is 0.330 e. The van der Waals surface area contributed by atoms with Crippen molar-refractivity contribution < 1.29 is 0 Å². The first-order valence-corrected chi connectivity index (χ1v) is 5.19. The molecule has 0 bridgehead atoms. The fourth-order valence-corrected chi connectivity index (χ4v) is 1.86. The van der Waals surface area contributed by atoms with Gasteiger partial charge in [0.25, 0.3) is 0 Å². The molecule has 1 nitrogen and oxygen atoms in total. The smallest absolute Gasteiger partial charge is 0.00426 e. The van der Waals surface area contributed by atoms with Crippen LogP contribution >= 0.6 is 0 Å². The molecule has 0 unspecified atom stereocenters. The summed E-state index contributed by atoms with van der Waals surface area (Å²) in [4.78, 5) is 0. The summed E-state index contributed by atoms with van der Waals surface area (Å²) in [5.74, 6) is 1.82. The number of hydrogen-bond acceptors (Lipinski definition) is 1. The summed E-state index contributed by atoms with van der Waals surface area (Å²) in [7, 11) is 0. The van der Waals surface area contributed by atoms with Crippen LogP contribution in [0.3, 0.4) is 0 Å². The first-order chi connectivity index (χ1) is 5.83. The van der Waals surface area contributed by atoms with Crippen LogP contribution in [0, 0.1) is 11.8 Å². The molecule has 1 aliphatic carbocycles. The van der Waals surface area contributed by atoms with Crippen molar-refractivity contribution in [3.8, 4) is 0 Å². The van der Waals surface area contributed by atoms with Crippen LogP contribution < -0.4 is 5.73 Å². The molecule has 0 spiro atoms. The standard InChI is InChI=1S/C11H21N/c1-10-5-7-11(8-6-10)4-2-3-9-12/h2,4,10-11H,3,5-9,12H2,1H3/b4-2+. The lowest BCUT2D eigenvalue weighted by atomic mass is 9.83. The lowest BCUT2D eigenvalue weighted by Crippen LogP contribution is -2.10. The van der Waals surface area contributed by atoms with E-state index in [1.54, 1.807) is 0 Å². The predicted molar refractivity (Wildman–Crippen MR) is 53.9 cm³/mol. The van der Waals surface area contributed by atoms with Crippen molar-refractivity contribution >= 4 is 0 Å². The van der Waals surface area contributed by atoms with Crippen LogP contribution in [-0.4, -0.2) is 6.54 Å². The molecular formula is C11H21N. The van der Waals surface area contributed by atoms with Gasteiger partial charge in [-0.3, -0.25) is 0 Å². The first kappa shape index (κ1) is 9.79. The summed E-state index contributed by atoms with van der Waals surface area (Å²) in [5.41, 5.74) is 5.41. The molecule has 0 heterocycles. The van der Waals surface area contributed by atoms with Gasteiger partial charge >= 0.3 is 0 Å². The van der Waals surface area contributed by atoms with Crippen LogP contribution in [-0.2, 0) is 0 Å². The van der Waals surface area contributed by atoms with Crippen molar-refractivity contribution in [2.45, 2.75) is 39.0 Å². The Morgan fingerprint density at radius 1 is 1.25 bits per heavy atom. The van der Waals surface area contributed by atoms with E-state index in [0.29, 0.717) is 0 Å². The third-order valence-electron chi connectivity index (χ3n) is 2.80. The zero-order valence-corrected chi connectivity index (χ0v) is 8.13. The second kappa shape index (κ2) is 5.36. The number of rotatable bonds is 3. The maximum absolute atomic E-state index is 5.41. The Morgan fingerprint density at radius 3 is 2.50 bits per heavy atom. The van der Waals surface area contributed by atoms with Gasteiger partial charge in [-0.2, -0.15) is 0 Å². The topological polar surface area (TPSA) is 26.0 Å². The van der Waals surface area contributed by atoms with Crippen LogP contribution in [0.4, 0.5) is 0 Å². The maximum Gasteiger partial charge on any atom is -0.00426 e. The molecule has 1 aliphatic rings. The fraction of sp³-hybridized carbons (Fsp3) is 0.818. The third kappa shape index (κ3) is 3.40. The second-order valence-electron chi connectivity index (χ2n) is 4.03. The molecule has 0 atom stereocenters. The first-order valence-electron chi connectivity index (χ1n) is 5.19. The Bertz CT molecular complexity index is 132. The van der Waals surface area contributed by atoms with E-state index in [4.69, 9.17) is 5.73 Å². The van der Waals surface area contributed by atoms with Crippen molar-refractivity contribution in [3.05, 3.63) is 12.2 Å². The van der Waals surface area contributed by atoms with Crippen LogP contribution in [0.25, 0.3) is 0 Å². The lowest BCUT2D eigenvalue weighted by Gasteiger charge is -2.23. The number of allylic oxidation sites excluding steroid dienone is 1. The third-order valence-corrected chi connectivity index (χ3v) is 2.80. The van der Waals surface area contributed by atoms with E-state index in [1.807, 2.05) is 0 Å². The molecule has 2 N–H and O–H groups in total. The summed E-state index contributed by atoms with van der Waals surface area (Å²) < 4.78 is 0. The summed E-state index contributed by atoms with van der Waals surface area (Å²) in [6.07, 6.45) is 11.3. The molecule has 0 aromatic rings. The molecular weight excluding hydrogens is 146 g/mol. The molecule has 1 rings (SSSR count). The second-order valence-corrected chi connectivity index (χ2v) is 4.03. The lowest BCUT2D eigenvalue weighted by molar-refractivity contribution is 0.330. The normalized spacial score (nSPS) is 31.2. The predicted octanol–water partition coefficient (Wildman–Crippen LogP) is 2.72. The highest BCUT2D eigenvalue weighted by Gasteiger charge is 2.15. The van der Waals surface area contributed by atoms with Crippen LogP contribution in [0.1, 0.15) is 39.0 Å². The minimum absolute atomic E-state index is 0.791. The van der Waals surface area contributed by atoms with E-state index in [0.717, 1.165) is 24.8 Å². The highest BCUT2D eigenvalue weighted by Crippen LogP contribution is 2.28. The average molecular weight is 167 g/mol. The molecule has 0 radical (unpaired) electrons. The zero-order chi connectivity index (χ0) is 8.81. The Hall–Kier alpha value is -0.300. The zero-order valence-electron chi connectivity index (χ0n) is 8.13. The number of hydrogen-bond donors (Lipinski definition) is 1. The van der Waals surface area contributed by atoms with Gasteiger partial charge in [0.15, 0.2) is 0 Å². The van der Waals surface area contributed by atoms with E-state index in [2.05, 4.69) is 19.1 Å². The van der Waals surface area contributed by atoms with Gasteiger partial charge in [-0.25, -0.2) is 0 Å². The average Bonchev–Trinajstić information content (AvgIpc) is 2.09. The molecule has 0 aromatic carbocycles. The summed E-state index contributed by atoms with van der Waals surface area (Å²) in [6.45, 7) is 3.15. The van der Waals surface area contributed by atoms with E-state index in [-0.39, 0.29) is 0 Å². The molecule has 0 amide bonds. The van der Waals surface area contributed by atoms with E-state index in [9.17, 15) is 0 Å². The van der Waals surface area contributed by atoms with Gasteiger partial charge in [-0.1, -0.05) is 31.9 Å². The Balaban J connectivity index is 2.17. The molecule has 1 fully saturated rings. The van der Waals surface area contributed by atoms with Gasteiger partial charge < -0.3 is 5.73 Å². The van der Waals surface area contributed by atoms with Crippen LogP contribution in [0.15, 0.2) is 12.2 Å². The van der Waals surface area contributed by atoms with Crippen molar-refractivity contribution in [1.82, 2.24) is 0 Å². The number of nitrogens with two attached hydrogens (primary N) is 1. The van der Waals surface area contributed by atoms with E-state index in [1.165, 1.54) is 25.7 Å². The van der Waals surface area contributed by atoms with Crippen LogP contribution in [0.5, 0.6) is 0 Å². The fourth-order valence-electron chi connectivity index (χ4n) is 1.86. The van der Waals surface area contributed by atoms with Crippen molar-refractivity contribution in [2.75, 3.05) is 6.54 Å². The Kier molecular flexibility index (Phi) is 4.37. The minimum atomic E-state index is 0.791. The van der Waals surface area contributed by atoms with Gasteiger partial charge in [-0.05, 0) is 37.6 Å². The molecule has 12 heavy (non-hydrogen) atoms. The van der Waals surface area contributed by atoms with Crippen molar-refractivity contribution in [1.29, 1.82) is 0 Å². The van der Waals surface area contributed by atoms with E-state index < -0.39 is 0 Å². The van der Waals surface area contributed by atoms with E-state index >= 15 is 0 Å². The van der Waals surface area contributed by atoms with Gasteiger partial charge in [0.2, 0.25) is 0 Å². The monoisotopic (exact) mass is 167 g/mol. The molecule has 70 valence electrons. The highest BCUT2D eigenvalue weighted by molar-refractivity contribution is 4.90.